The molecule has 1 N–H and O–H groups in total. The summed E-state index contributed by atoms with van der Waals surface area (Å²) in [5.41, 5.74) is 1.98. The number of carboxylic acids is 1. The molecule has 112 valence electrons. The summed E-state index contributed by atoms with van der Waals surface area (Å²) in [4.78, 5) is 11.0. The van der Waals surface area contributed by atoms with Crippen molar-refractivity contribution in [2.75, 3.05) is 0 Å². The minimum absolute atomic E-state index is 0.0128. The minimum Gasteiger partial charge on any atom is -0.481 e. The number of rotatable bonds is 6. The van der Waals surface area contributed by atoms with Crippen LogP contribution in [0.15, 0.2) is 22.7 Å². The second-order valence-corrected chi connectivity index (χ2v) is 5.81. The van der Waals surface area contributed by atoms with Crippen molar-refractivity contribution in [1.29, 1.82) is 0 Å². The van der Waals surface area contributed by atoms with Crippen LogP contribution in [0.2, 0.25) is 0 Å². The van der Waals surface area contributed by atoms with Gasteiger partial charge in [0, 0.05) is 10.0 Å². The van der Waals surface area contributed by atoms with Crippen molar-refractivity contribution in [3.8, 4) is 11.4 Å². The number of aromatic nitrogens is 4. The largest absolute Gasteiger partial charge is 0.481 e. The lowest BCUT2D eigenvalue weighted by Gasteiger charge is -2.15. The first kappa shape index (κ1) is 15.6. The van der Waals surface area contributed by atoms with Crippen molar-refractivity contribution in [2.24, 2.45) is 0 Å². The Hall–Kier alpha value is -1.76. The van der Waals surface area contributed by atoms with Crippen molar-refractivity contribution >= 4 is 21.9 Å². The number of tetrazole rings is 1. The lowest BCUT2D eigenvalue weighted by molar-refractivity contribution is -0.138. The SMILES string of the molecule is CCCC(CC(=O)O)n1nnnc1-c1ccc(C)c(Br)c1. The van der Waals surface area contributed by atoms with E-state index in [1.165, 1.54) is 0 Å². The molecule has 0 aliphatic heterocycles. The Morgan fingerprint density at radius 1 is 1.48 bits per heavy atom. The van der Waals surface area contributed by atoms with Crippen molar-refractivity contribution < 1.29 is 9.90 Å². The van der Waals surface area contributed by atoms with Gasteiger partial charge in [0.15, 0.2) is 5.82 Å². The molecule has 1 aromatic carbocycles. The van der Waals surface area contributed by atoms with Crippen LogP contribution in [0.3, 0.4) is 0 Å². The predicted octanol–water partition coefficient (Wildman–Crippen LogP) is 3.23. The van der Waals surface area contributed by atoms with Crippen molar-refractivity contribution in [3.05, 3.63) is 28.2 Å². The third-order valence-electron chi connectivity index (χ3n) is 3.30. The Bertz CT molecular complexity index is 642. The monoisotopic (exact) mass is 352 g/mol. The van der Waals surface area contributed by atoms with Gasteiger partial charge >= 0.3 is 5.97 Å². The summed E-state index contributed by atoms with van der Waals surface area (Å²) in [6.07, 6.45) is 1.60. The van der Waals surface area contributed by atoms with E-state index in [9.17, 15) is 4.79 Å². The van der Waals surface area contributed by atoms with Gasteiger partial charge in [-0.3, -0.25) is 4.79 Å². The number of hydrogen-bond acceptors (Lipinski definition) is 4. The van der Waals surface area contributed by atoms with E-state index in [0.717, 1.165) is 28.4 Å². The van der Waals surface area contributed by atoms with Gasteiger partial charge in [0.25, 0.3) is 0 Å². The highest BCUT2D eigenvalue weighted by Gasteiger charge is 2.20. The van der Waals surface area contributed by atoms with Crippen LogP contribution in [-0.4, -0.2) is 31.3 Å². The molecule has 1 aromatic heterocycles. The minimum atomic E-state index is -0.847. The van der Waals surface area contributed by atoms with Gasteiger partial charge in [0.05, 0.1) is 12.5 Å². The zero-order valence-electron chi connectivity index (χ0n) is 12.0. The van der Waals surface area contributed by atoms with Crippen LogP contribution in [-0.2, 0) is 4.79 Å². The fourth-order valence-electron chi connectivity index (χ4n) is 2.21. The number of nitrogens with zero attached hydrogens (tertiary/aromatic N) is 4. The summed E-state index contributed by atoms with van der Waals surface area (Å²) >= 11 is 3.49. The summed E-state index contributed by atoms with van der Waals surface area (Å²) in [7, 11) is 0. The molecule has 1 atom stereocenters. The molecule has 7 heteroatoms. The van der Waals surface area contributed by atoms with Gasteiger partial charge in [0.2, 0.25) is 0 Å². The molecule has 21 heavy (non-hydrogen) atoms. The molecule has 2 aromatic rings. The van der Waals surface area contributed by atoms with Crippen molar-refractivity contribution in [2.45, 2.75) is 39.2 Å². The maximum atomic E-state index is 11.0. The van der Waals surface area contributed by atoms with E-state index >= 15 is 0 Å². The van der Waals surface area contributed by atoms with Gasteiger partial charge in [-0.2, -0.15) is 0 Å². The first-order chi connectivity index (χ1) is 10.0. The highest BCUT2D eigenvalue weighted by molar-refractivity contribution is 9.10. The lowest BCUT2D eigenvalue weighted by atomic mass is 10.1. The Morgan fingerprint density at radius 2 is 2.24 bits per heavy atom. The second kappa shape index (κ2) is 6.80. The van der Waals surface area contributed by atoms with Crippen LogP contribution in [0.5, 0.6) is 0 Å². The standard InChI is InChI=1S/C14H17BrN4O2/c1-3-4-11(8-13(20)21)19-14(16-17-18-19)10-6-5-9(2)12(15)7-10/h5-7,11H,3-4,8H2,1-2H3,(H,20,21). The average Bonchev–Trinajstić information content (AvgIpc) is 2.90. The highest BCUT2D eigenvalue weighted by Crippen LogP contribution is 2.27. The Kier molecular flexibility index (Phi) is 5.06. The number of hydrogen-bond donors (Lipinski definition) is 1. The number of aryl methyl sites for hydroxylation is 1. The number of carboxylic acid groups (broad SMARTS) is 1. The summed E-state index contributed by atoms with van der Waals surface area (Å²) in [6, 6.07) is 5.62. The van der Waals surface area contributed by atoms with E-state index in [0.29, 0.717) is 5.82 Å². The van der Waals surface area contributed by atoms with Crippen molar-refractivity contribution in [1.82, 2.24) is 20.2 Å². The van der Waals surface area contributed by atoms with Crippen LogP contribution in [0.4, 0.5) is 0 Å². The quantitative estimate of drug-likeness (QED) is 0.862. The molecule has 0 saturated carbocycles. The van der Waals surface area contributed by atoms with Crippen LogP contribution in [0.1, 0.15) is 37.8 Å². The molecule has 0 aliphatic rings. The molecule has 0 spiro atoms. The molecule has 0 amide bonds. The number of benzene rings is 1. The van der Waals surface area contributed by atoms with E-state index in [4.69, 9.17) is 5.11 Å². The van der Waals surface area contributed by atoms with E-state index in [-0.39, 0.29) is 12.5 Å². The van der Waals surface area contributed by atoms with E-state index < -0.39 is 5.97 Å². The van der Waals surface area contributed by atoms with E-state index in [2.05, 4.69) is 31.5 Å². The van der Waals surface area contributed by atoms with Crippen LogP contribution < -0.4 is 0 Å². The van der Waals surface area contributed by atoms with Crippen LogP contribution in [0.25, 0.3) is 11.4 Å². The molecule has 0 bridgehead atoms. The molecule has 0 fully saturated rings. The Labute approximate surface area is 131 Å². The predicted molar refractivity (Wildman–Crippen MR) is 81.9 cm³/mol. The summed E-state index contributed by atoms with van der Waals surface area (Å²) in [6.45, 7) is 4.02. The first-order valence-corrected chi connectivity index (χ1v) is 7.58. The molecular formula is C14H17BrN4O2. The average molecular weight is 353 g/mol. The zero-order valence-corrected chi connectivity index (χ0v) is 13.5. The van der Waals surface area contributed by atoms with Crippen LogP contribution >= 0.6 is 15.9 Å². The lowest BCUT2D eigenvalue weighted by Crippen LogP contribution is -2.16. The van der Waals surface area contributed by atoms with E-state index in [1.54, 1.807) is 4.68 Å². The smallest absolute Gasteiger partial charge is 0.305 e. The normalized spacial score (nSPS) is 12.3. The Morgan fingerprint density at radius 3 is 2.86 bits per heavy atom. The van der Waals surface area contributed by atoms with Gasteiger partial charge in [-0.15, -0.1) is 5.10 Å². The summed E-state index contributed by atoms with van der Waals surface area (Å²) in [5.74, 6) is -0.254. The van der Waals surface area contributed by atoms with Gasteiger partial charge in [-0.05, 0) is 35.4 Å². The van der Waals surface area contributed by atoms with Gasteiger partial charge in [0.1, 0.15) is 0 Å². The second-order valence-electron chi connectivity index (χ2n) is 4.95. The third-order valence-corrected chi connectivity index (χ3v) is 4.16. The number of halogens is 1. The molecule has 6 nitrogen and oxygen atoms in total. The zero-order chi connectivity index (χ0) is 15.4. The molecule has 2 rings (SSSR count). The van der Waals surface area contributed by atoms with Gasteiger partial charge in [-0.1, -0.05) is 41.4 Å². The molecule has 0 aliphatic carbocycles. The number of carbonyl (C=O) groups is 1. The molecule has 0 radical (unpaired) electrons. The Balaban J connectivity index is 2.39. The molecular weight excluding hydrogens is 336 g/mol. The molecule has 1 unspecified atom stereocenters. The topological polar surface area (TPSA) is 80.9 Å². The fourth-order valence-corrected chi connectivity index (χ4v) is 2.59. The first-order valence-electron chi connectivity index (χ1n) is 6.79. The van der Waals surface area contributed by atoms with E-state index in [1.807, 2.05) is 32.0 Å². The molecule has 1 heterocycles. The summed E-state index contributed by atoms with van der Waals surface area (Å²) < 4.78 is 2.59. The highest BCUT2D eigenvalue weighted by atomic mass is 79.9. The summed E-state index contributed by atoms with van der Waals surface area (Å²) in [5, 5.41) is 20.8. The molecule has 0 saturated heterocycles. The maximum absolute atomic E-state index is 11.0. The number of aliphatic carboxylic acids is 1. The van der Waals surface area contributed by atoms with Gasteiger partial charge < -0.3 is 5.11 Å². The van der Waals surface area contributed by atoms with Crippen molar-refractivity contribution in [3.63, 3.8) is 0 Å². The van der Waals surface area contributed by atoms with Gasteiger partial charge in [-0.25, -0.2) is 4.68 Å². The van der Waals surface area contributed by atoms with Crippen LogP contribution in [0, 0.1) is 6.92 Å². The maximum Gasteiger partial charge on any atom is 0.305 e. The fraction of sp³-hybridized carbons (Fsp3) is 0.429. The third kappa shape index (κ3) is 3.66.